The summed E-state index contributed by atoms with van der Waals surface area (Å²) in [6.45, 7) is 3.46. The molecule has 27 heavy (non-hydrogen) atoms. The second kappa shape index (κ2) is 7.22. The maximum absolute atomic E-state index is 12.7. The van der Waals surface area contributed by atoms with Crippen molar-refractivity contribution in [2.75, 3.05) is 16.8 Å². The Morgan fingerprint density at radius 1 is 1.26 bits per heavy atom. The van der Waals surface area contributed by atoms with Crippen LogP contribution in [0.2, 0.25) is 0 Å². The zero-order valence-electron chi connectivity index (χ0n) is 14.2. The summed E-state index contributed by atoms with van der Waals surface area (Å²) in [7, 11) is -3.97. The number of primary sulfonamides is 1. The Kier molecular flexibility index (Phi) is 4.98. The number of carbonyl (C=O) groups excluding carboxylic acids is 2. The number of fused-ring (bicyclic) bond motifs is 1. The highest BCUT2D eigenvalue weighted by molar-refractivity contribution is 7.89. The van der Waals surface area contributed by atoms with Gasteiger partial charge < -0.3 is 10.1 Å². The molecule has 1 unspecified atom stereocenters. The van der Waals surface area contributed by atoms with Crippen LogP contribution in [-0.4, -0.2) is 27.0 Å². The van der Waals surface area contributed by atoms with Crippen molar-refractivity contribution in [2.45, 2.75) is 10.9 Å². The minimum absolute atomic E-state index is 0.0386. The molecule has 0 radical (unpaired) electrons. The molecule has 0 bridgehead atoms. The highest BCUT2D eigenvalue weighted by atomic mass is 32.2. The largest absolute Gasteiger partial charge is 0.445 e. The molecule has 8 nitrogen and oxygen atoms in total. The number of ether oxygens (including phenoxy) is 1. The summed E-state index contributed by atoms with van der Waals surface area (Å²) in [5.41, 5.74) is 1.02. The molecule has 9 heteroatoms. The van der Waals surface area contributed by atoms with E-state index in [1.807, 2.05) is 0 Å². The fourth-order valence-corrected chi connectivity index (χ4v) is 3.34. The second-order valence-corrected chi connectivity index (χ2v) is 7.32. The molecule has 2 aromatic carbocycles. The van der Waals surface area contributed by atoms with Crippen LogP contribution in [0.3, 0.4) is 0 Å². The van der Waals surface area contributed by atoms with Crippen molar-refractivity contribution in [1.82, 2.24) is 0 Å². The summed E-state index contributed by atoms with van der Waals surface area (Å²) in [6.07, 6.45) is 0.646. The van der Waals surface area contributed by atoms with Gasteiger partial charge in [0, 0.05) is 0 Å². The van der Waals surface area contributed by atoms with Gasteiger partial charge in [-0.1, -0.05) is 43.0 Å². The van der Waals surface area contributed by atoms with Gasteiger partial charge in [0.2, 0.25) is 10.0 Å². The standard InChI is InChI=1S/C18H17N3O5S/c1-2-10-26-18(23)21-15-9-8-13(27(19,24)25)11-14(15)20-17(22)16(21)12-6-4-3-5-7-12/h2-9,11,16H,1,10H2,(H,20,22)(H2,19,24,25). The summed E-state index contributed by atoms with van der Waals surface area (Å²) in [4.78, 5) is 26.4. The van der Waals surface area contributed by atoms with Gasteiger partial charge in [0.1, 0.15) is 12.6 Å². The number of nitrogens with zero attached hydrogens (tertiary/aromatic N) is 1. The van der Waals surface area contributed by atoms with Gasteiger partial charge >= 0.3 is 6.09 Å². The summed E-state index contributed by atoms with van der Waals surface area (Å²) < 4.78 is 28.3. The summed E-state index contributed by atoms with van der Waals surface area (Å²) in [5.74, 6) is -0.504. The normalized spacial score (nSPS) is 16.3. The molecule has 1 aliphatic rings. The smallest absolute Gasteiger partial charge is 0.415 e. The highest BCUT2D eigenvalue weighted by Crippen LogP contribution is 2.39. The Hall–Kier alpha value is -3.17. The molecule has 0 aliphatic carbocycles. The third-order valence-electron chi connectivity index (χ3n) is 3.96. The monoisotopic (exact) mass is 387 g/mol. The van der Waals surface area contributed by atoms with E-state index in [0.29, 0.717) is 11.3 Å². The fourth-order valence-electron chi connectivity index (χ4n) is 2.80. The van der Waals surface area contributed by atoms with Crippen molar-refractivity contribution in [3.8, 4) is 0 Å². The Morgan fingerprint density at radius 3 is 2.59 bits per heavy atom. The molecular weight excluding hydrogens is 370 g/mol. The number of nitrogens with one attached hydrogen (secondary N) is 1. The topological polar surface area (TPSA) is 119 Å². The number of rotatable bonds is 4. The SMILES string of the molecule is C=CCOC(=O)N1c2ccc(S(N)(=O)=O)cc2NC(=O)C1c1ccccc1. The zero-order chi connectivity index (χ0) is 19.6. The van der Waals surface area contributed by atoms with Crippen molar-refractivity contribution in [2.24, 2.45) is 5.14 Å². The molecule has 140 valence electrons. The molecule has 2 amide bonds. The van der Waals surface area contributed by atoms with E-state index in [1.165, 1.54) is 29.2 Å². The first kappa shape index (κ1) is 18.6. The zero-order valence-corrected chi connectivity index (χ0v) is 15.0. The lowest BCUT2D eigenvalue weighted by Gasteiger charge is -2.35. The van der Waals surface area contributed by atoms with Crippen LogP contribution in [0.4, 0.5) is 16.2 Å². The highest BCUT2D eigenvalue weighted by Gasteiger charge is 2.39. The number of sulfonamides is 1. The Balaban J connectivity index is 2.13. The lowest BCUT2D eigenvalue weighted by atomic mass is 10.0. The first-order chi connectivity index (χ1) is 12.8. The predicted molar refractivity (Wildman–Crippen MR) is 99.7 cm³/mol. The van der Waals surface area contributed by atoms with Gasteiger partial charge in [0.15, 0.2) is 0 Å². The maximum atomic E-state index is 12.7. The van der Waals surface area contributed by atoms with E-state index in [0.717, 1.165) is 0 Å². The van der Waals surface area contributed by atoms with Crippen LogP contribution < -0.4 is 15.4 Å². The van der Waals surface area contributed by atoms with Gasteiger partial charge in [-0.05, 0) is 23.8 Å². The molecule has 1 aliphatic heterocycles. The molecule has 0 saturated heterocycles. The van der Waals surface area contributed by atoms with Gasteiger partial charge in [-0.2, -0.15) is 0 Å². The summed E-state index contributed by atoms with van der Waals surface area (Å²) >= 11 is 0. The van der Waals surface area contributed by atoms with Crippen molar-refractivity contribution in [3.05, 3.63) is 66.7 Å². The van der Waals surface area contributed by atoms with E-state index < -0.39 is 28.1 Å². The van der Waals surface area contributed by atoms with Crippen molar-refractivity contribution in [3.63, 3.8) is 0 Å². The third kappa shape index (κ3) is 3.69. The number of carbonyl (C=O) groups is 2. The first-order valence-corrected chi connectivity index (χ1v) is 9.47. The van der Waals surface area contributed by atoms with E-state index in [4.69, 9.17) is 9.88 Å². The quantitative estimate of drug-likeness (QED) is 0.779. The second-order valence-electron chi connectivity index (χ2n) is 5.76. The molecule has 2 aromatic rings. The third-order valence-corrected chi connectivity index (χ3v) is 4.87. The van der Waals surface area contributed by atoms with E-state index in [2.05, 4.69) is 11.9 Å². The van der Waals surface area contributed by atoms with Crippen molar-refractivity contribution in [1.29, 1.82) is 0 Å². The summed E-state index contributed by atoms with van der Waals surface area (Å²) in [5, 5.41) is 7.78. The number of hydrogen-bond donors (Lipinski definition) is 2. The number of benzene rings is 2. The average molecular weight is 387 g/mol. The van der Waals surface area contributed by atoms with Gasteiger partial charge in [-0.3, -0.25) is 9.69 Å². The fraction of sp³-hybridized carbons (Fsp3) is 0.111. The molecular formula is C18H17N3O5S. The van der Waals surface area contributed by atoms with Crippen LogP contribution in [0.25, 0.3) is 0 Å². The van der Waals surface area contributed by atoms with Crippen molar-refractivity contribution < 1.29 is 22.7 Å². The Labute approximate surface area is 156 Å². The van der Waals surface area contributed by atoms with Crippen LogP contribution >= 0.6 is 0 Å². The lowest BCUT2D eigenvalue weighted by molar-refractivity contribution is -0.117. The van der Waals surface area contributed by atoms with E-state index >= 15 is 0 Å². The van der Waals surface area contributed by atoms with E-state index in [-0.39, 0.29) is 17.2 Å². The van der Waals surface area contributed by atoms with Crippen molar-refractivity contribution >= 4 is 33.4 Å². The van der Waals surface area contributed by atoms with Gasteiger partial charge in [-0.25, -0.2) is 18.4 Å². The van der Waals surface area contributed by atoms with Gasteiger partial charge in [0.25, 0.3) is 5.91 Å². The molecule has 0 aromatic heterocycles. The van der Waals surface area contributed by atoms with Crippen LogP contribution in [0.1, 0.15) is 11.6 Å². The van der Waals surface area contributed by atoms with Crippen LogP contribution in [0.15, 0.2) is 66.1 Å². The van der Waals surface area contributed by atoms with Crippen LogP contribution in [0, 0.1) is 0 Å². The molecule has 0 fully saturated rings. The average Bonchev–Trinajstić information content (AvgIpc) is 2.64. The lowest BCUT2D eigenvalue weighted by Crippen LogP contribution is -2.45. The van der Waals surface area contributed by atoms with Crippen LogP contribution in [0.5, 0.6) is 0 Å². The van der Waals surface area contributed by atoms with Gasteiger partial charge in [-0.15, -0.1) is 0 Å². The Morgan fingerprint density at radius 2 is 1.96 bits per heavy atom. The minimum atomic E-state index is -3.97. The maximum Gasteiger partial charge on any atom is 0.415 e. The molecule has 3 rings (SSSR count). The molecule has 1 atom stereocenters. The molecule has 0 spiro atoms. The molecule has 3 N–H and O–H groups in total. The minimum Gasteiger partial charge on any atom is -0.445 e. The van der Waals surface area contributed by atoms with Crippen LogP contribution in [-0.2, 0) is 19.6 Å². The predicted octanol–water partition coefficient (Wildman–Crippen LogP) is 2.16. The Bertz CT molecular complexity index is 1000. The molecule has 0 saturated carbocycles. The number of anilines is 2. The van der Waals surface area contributed by atoms with Gasteiger partial charge in [0.05, 0.1) is 16.3 Å². The molecule has 1 heterocycles. The first-order valence-electron chi connectivity index (χ1n) is 7.92. The van der Waals surface area contributed by atoms with E-state index in [1.54, 1.807) is 30.3 Å². The number of hydrogen-bond acceptors (Lipinski definition) is 5. The van der Waals surface area contributed by atoms with E-state index in [9.17, 15) is 18.0 Å². The number of nitrogens with two attached hydrogens (primary N) is 1. The summed E-state index contributed by atoms with van der Waals surface area (Å²) in [6, 6.07) is 11.6. The number of amides is 2.